The molecule has 8 heteroatoms. The van der Waals surface area contributed by atoms with Crippen molar-refractivity contribution in [2.45, 2.75) is 13.8 Å². The Labute approximate surface area is 125 Å². The molecule has 2 N–H and O–H groups in total. The van der Waals surface area contributed by atoms with Crippen molar-refractivity contribution in [2.24, 2.45) is 10.7 Å². The summed E-state index contributed by atoms with van der Waals surface area (Å²) in [5.74, 6) is -0.647. The summed E-state index contributed by atoms with van der Waals surface area (Å²) in [6.07, 6.45) is 1.69. The fourth-order valence-corrected chi connectivity index (χ4v) is 1.91. The second-order valence-electron chi connectivity index (χ2n) is 2.55. The Hall–Kier alpha value is -0.490. The van der Waals surface area contributed by atoms with Gasteiger partial charge in [-0.1, -0.05) is 60.4 Å². The molecule has 1 aromatic heterocycles. The Morgan fingerprint density at radius 2 is 1.94 bits per heavy atom. The normalized spacial score (nSPS) is 10.7. The number of carbonyl (C=O) groups is 1. The van der Waals surface area contributed by atoms with Crippen molar-refractivity contribution in [2.75, 3.05) is 6.26 Å². The summed E-state index contributed by atoms with van der Waals surface area (Å²) in [6.45, 7) is 4.00. The fraction of sp³-hybridized carbons (Fsp3) is 0.300. The molecule has 4 nitrogen and oxygen atoms in total. The first-order valence-electron chi connectivity index (χ1n) is 4.89. The molecule has 0 aliphatic carbocycles. The monoisotopic (exact) mass is 327 g/mol. The number of nitrogens with zero attached hydrogens (tertiary/aromatic N) is 2. The third-order valence-corrected chi connectivity index (χ3v) is 2.81. The molecule has 0 unspecified atom stereocenters. The highest BCUT2D eigenvalue weighted by atomic mass is 35.5. The molecule has 1 aromatic rings. The van der Waals surface area contributed by atoms with Gasteiger partial charge in [0.05, 0.1) is 10.6 Å². The molecule has 0 aliphatic rings. The number of amides is 1. The third kappa shape index (κ3) is 5.02. The SMILES string of the molecule is CC.CSC(N)=NC(=O)c1c(Cl)cc(Cl)nc1Cl. The topological polar surface area (TPSA) is 68.3 Å². The van der Waals surface area contributed by atoms with Gasteiger partial charge in [-0.15, -0.1) is 0 Å². The lowest BCUT2D eigenvalue weighted by Crippen LogP contribution is -2.10. The first-order chi connectivity index (χ1) is 8.45. The molecule has 1 rings (SSSR count). The van der Waals surface area contributed by atoms with Crippen molar-refractivity contribution in [3.8, 4) is 0 Å². The average molecular weight is 329 g/mol. The number of aromatic nitrogens is 1. The molecule has 0 aliphatic heterocycles. The predicted octanol–water partition coefficient (Wildman–Crippen LogP) is 3.89. The van der Waals surface area contributed by atoms with Crippen LogP contribution >= 0.6 is 46.6 Å². The molecule has 0 spiro atoms. The van der Waals surface area contributed by atoms with E-state index in [4.69, 9.17) is 40.5 Å². The fourth-order valence-electron chi connectivity index (χ4n) is 0.849. The van der Waals surface area contributed by atoms with Gasteiger partial charge in [0.25, 0.3) is 5.91 Å². The first kappa shape index (κ1) is 17.5. The standard InChI is InChI=1S/C8H6Cl3N3OS.C2H6/c1-16-8(12)14-7(15)5-3(9)2-4(10)13-6(5)11;1-2/h2H,1H3,(H2,12,14,15);1-2H3. The summed E-state index contributed by atoms with van der Waals surface area (Å²) in [5, 5.41) is 0.216. The average Bonchev–Trinajstić information content (AvgIpc) is 2.30. The highest BCUT2D eigenvalue weighted by molar-refractivity contribution is 8.13. The van der Waals surface area contributed by atoms with Crippen molar-refractivity contribution in [3.63, 3.8) is 0 Å². The maximum absolute atomic E-state index is 11.6. The molecule has 1 heterocycles. The van der Waals surface area contributed by atoms with Crippen LogP contribution in [0.1, 0.15) is 24.2 Å². The molecule has 0 radical (unpaired) electrons. The molecule has 0 atom stereocenters. The molecule has 0 bridgehead atoms. The van der Waals surface area contributed by atoms with Gasteiger partial charge < -0.3 is 5.73 Å². The van der Waals surface area contributed by atoms with E-state index < -0.39 is 5.91 Å². The molecule has 0 fully saturated rings. The maximum atomic E-state index is 11.6. The van der Waals surface area contributed by atoms with Crippen molar-refractivity contribution in [1.82, 2.24) is 4.98 Å². The zero-order chi connectivity index (χ0) is 14.3. The molecule has 0 saturated heterocycles. The second-order valence-corrected chi connectivity index (χ2v) is 4.53. The van der Waals surface area contributed by atoms with Crippen LogP contribution in [0.25, 0.3) is 0 Å². The molecular formula is C10H12Cl3N3OS. The number of hydrogen-bond donors (Lipinski definition) is 1. The summed E-state index contributed by atoms with van der Waals surface area (Å²) >= 11 is 18.3. The van der Waals surface area contributed by atoms with Crippen LogP contribution in [0.5, 0.6) is 0 Å². The van der Waals surface area contributed by atoms with Crippen LogP contribution < -0.4 is 5.73 Å². The Kier molecular flexibility index (Phi) is 8.35. The molecule has 1 amide bonds. The summed E-state index contributed by atoms with van der Waals surface area (Å²) in [6, 6.07) is 1.31. The van der Waals surface area contributed by atoms with Crippen LogP contribution in [-0.2, 0) is 0 Å². The van der Waals surface area contributed by atoms with Crippen LogP contribution in [0.3, 0.4) is 0 Å². The minimum atomic E-state index is -0.647. The number of nitrogens with two attached hydrogens (primary N) is 1. The van der Waals surface area contributed by atoms with Crippen molar-refractivity contribution >= 4 is 57.6 Å². The van der Waals surface area contributed by atoms with E-state index in [1.165, 1.54) is 6.07 Å². The van der Waals surface area contributed by atoms with Crippen molar-refractivity contribution in [3.05, 3.63) is 27.0 Å². The minimum absolute atomic E-state index is 0.00951. The maximum Gasteiger partial charge on any atom is 0.284 e. The lowest BCUT2D eigenvalue weighted by molar-refractivity contribution is 0.100. The van der Waals surface area contributed by atoms with E-state index in [2.05, 4.69) is 9.98 Å². The van der Waals surface area contributed by atoms with Gasteiger partial charge in [0, 0.05) is 0 Å². The lowest BCUT2D eigenvalue weighted by Gasteiger charge is -2.03. The van der Waals surface area contributed by atoms with E-state index in [0.717, 1.165) is 11.8 Å². The van der Waals surface area contributed by atoms with Gasteiger partial charge in [0.1, 0.15) is 10.3 Å². The Morgan fingerprint density at radius 1 is 1.39 bits per heavy atom. The molecule has 100 valence electrons. The third-order valence-electron chi connectivity index (χ3n) is 1.53. The van der Waals surface area contributed by atoms with Gasteiger partial charge in [0.15, 0.2) is 5.17 Å². The highest BCUT2D eigenvalue weighted by Gasteiger charge is 2.17. The quantitative estimate of drug-likeness (QED) is 0.482. The Balaban J connectivity index is 0.00000137. The van der Waals surface area contributed by atoms with E-state index in [9.17, 15) is 4.79 Å². The highest BCUT2D eigenvalue weighted by Crippen LogP contribution is 2.26. The summed E-state index contributed by atoms with van der Waals surface area (Å²) in [7, 11) is 0. The van der Waals surface area contributed by atoms with E-state index in [1.807, 2.05) is 13.8 Å². The van der Waals surface area contributed by atoms with Gasteiger partial charge in [-0.3, -0.25) is 4.79 Å². The van der Waals surface area contributed by atoms with E-state index in [1.54, 1.807) is 6.26 Å². The zero-order valence-electron chi connectivity index (χ0n) is 10.00. The number of amidine groups is 1. The summed E-state index contributed by atoms with van der Waals surface area (Å²) in [4.78, 5) is 18.9. The Morgan fingerprint density at radius 3 is 2.39 bits per heavy atom. The number of rotatable bonds is 1. The van der Waals surface area contributed by atoms with Crippen molar-refractivity contribution < 1.29 is 4.79 Å². The number of halogens is 3. The van der Waals surface area contributed by atoms with Crippen LogP contribution in [-0.4, -0.2) is 22.3 Å². The van der Waals surface area contributed by atoms with E-state index in [0.29, 0.717) is 0 Å². The van der Waals surface area contributed by atoms with Crippen LogP contribution in [0, 0.1) is 0 Å². The minimum Gasteiger partial charge on any atom is -0.378 e. The number of aliphatic imine (C=N–C) groups is 1. The van der Waals surface area contributed by atoms with Crippen molar-refractivity contribution in [1.29, 1.82) is 0 Å². The summed E-state index contributed by atoms with van der Waals surface area (Å²) in [5.41, 5.74) is 5.39. The van der Waals surface area contributed by atoms with Gasteiger partial charge in [-0.2, -0.15) is 4.99 Å². The smallest absolute Gasteiger partial charge is 0.284 e. The van der Waals surface area contributed by atoms with E-state index >= 15 is 0 Å². The van der Waals surface area contributed by atoms with Crippen LogP contribution in [0.15, 0.2) is 11.1 Å². The predicted molar refractivity (Wildman–Crippen MR) is 80.1 cm³/mol. The lowest BCUT2D eigenvalue weighted by atomic mass is 10.3. The number of carbonyl (C=O) groups excluding carboxylic acids is 1. The molecule has 18 heavy (non-hydrogen) atoms. The second kappa shape index (κ2) is 8.58. The van der Waals surface area contributed by atoms with Gasteiger partial charge >= 0.3 is 0 Å². The number of hydrogen-bond acceptors (Lipinski definition) is 3. The molecular weight excluding hydrogens is 317 g/mol. The van der Waals surface area contributed by atoms with E-state index in [-0.39, 0.29) is 26.1 Å². The molecule has 0 aromatic carbocycles. The first-order valence-corrected chi connectivity index (χ1v) is 7.25. The van der Waals surface area contributed by atoms with Gasteiger partial charge in [-0.25, -0.2) is 4.98 Å². The number of thioether (sulfide) groups is 1. The number of pyridine rings is 1. The van der Waals surface area contributed by atoms with Gasteiger partial charge in [0.2, 0.25) is 0 Å². The summed E-state index contributed by atoms with van der Waals surface area (Å²) < 4.78 is 0. The molecule has 0 saturated carbocycles. The van der Waals surface area contributed by atoms with Gasteiger partial charge in [-0.05, 0) is 12.3 Å². The van der Waals surface area contributed by atoms with Crippen LogP contribution in [0.2, 0.25) is 15.3 Å². The largest absolute Gasteiger partial charge is 0.378 e. The zero-order valence-corrected chi connectivity index (χ0v) is 13.1. The van der Waals surface area contributed by atoms with Crippen LogP contribution in [0.4, 0.5) is 0 Å². The Bertz CT molecular complexity index is 443.